The second kappa shape index (κ2) is 8.08. The van der Waals surface area contributed by atoms with Gasteiger partial charge >= 0.3 is 0 Å². The van der Waals surface area contributed by atoms with Crippen LogP contribution >= 0.6 is 15.8 Å². The van der Waals surface area contributed by atoms with Crippen molar-refractivity contribution in [3.8, 4) is 0 Å². The summed E-state index contributed by atoms with van der Waals surface area (Å²) in [6.07, 6.45) is 7.47. The topological polar surface area (TPSA) is 0 Å². The quantitative estimate of drug-likeness (QED) is 0.424. The molecule has 2 unspecified atom stereocenters. The van der Waals surface area contributed by atoms with Gasteiger partial charge in [0.05, 0.1) is 0 Å². The van der Waals surface area contributed by atoms with E-state index in [0.717, 1.165) is 11.8 Å². The number of hydrogen-bond donors (Lipinski definition) is 0. The normalized spacial score (nSPS) is 23.8. The summed E-state index contributed by atoms with van der Waals surface area (Å²) in [6.45, 7) is 29.9. The molecule has 0 aromatic rings. The van der Waals surface area contributed by atoms with Gasteiger partial charge in [-0.15, -0.1) is 0 Å². The van der Waals surface area contributed by atoms with Crippen LogP contribution in [-0.4, -0.2) is 32.9 Å². The molecule has 0 amide bonds. The van der Waals surface area contributed by atoms with E-state index < -0.39 is 0 Å². The highest BCUT2D eigenvalue weighted by Crippen LogP contribution is 2.64. The minimum atomic E-state index is 0.0456. The molecule has 0 aromatic heterocycles. The molecular formula is C23H48P2. The van der Waals surface area contributed by atoms with E-state index in [1.54, 1.807) is 0 Å². The van der Waals surface area contributed by atoms with Crippen LogP contribution in [-0.2, 0) is 0 Å². The van der Waals surface area contributed by atoms with Crippen LogP contribution in [0.25, 0.3) is 0 Å². The molecule has 0 radical (unpaired) electrons. The Morgan fingerprint density at radius 3 is 0.960 bits per heavy atom. The van der Waals surface area contributed by atoms with Crippen molar-refractivity contribution in [2.45, 2.75) is 123 Å². The lowest BCUT2D eigenvalue weighted by Gasteiger charge is -2.46. The molecule has 0 aromatic carbocycles. The standard InChI is InChI=1S/C23H48P2/c1-20(2,3)24(21(4,5)6)16-18-14-13-15-19(18)17-25(22(7,8)9)23(10,11)12/h18-19H,13-17H2,1-12H3. The van der Waals surface area contributed by atoms with Crippen molar-refractivity contribution in [3.05, 3.63) is 0 Å². The first-order chi connectivity index (χ1) is 10.9. The second-order valence-corrected chi connectivity index (χ2v) is 20.2. The summed E-state index contributed by atoms with van der Waals surface area (Å²) in [5, 5.41) is 1.89. The molecule has 0 heterocycles. The SMILES string of the molecule is CC(C)(C)P(CC1CCCC1CP(C(C)(C)C)C(C)(C)C)C(C)(C)C. The van der Waals surface area contributed by atoms with Gasteiger partial charge in [-0.3, -0.25) is 0 Å². The zero-order valence-electron chi connectivity index (χ0n) is 19.6. The smallest absolute Gasteiger partial charge is 0.0175 e. The summed E-state index contributed by atoms with van der Waals surface area (Å²) in [6, 6.07) is 0. The van der Waals surface area contributed by atoms with Crippen molar-refractivity contribution in [2.75, 3.05) is 12.3 Å². The van der Waals surface area contributed by atoms with Crippen molar-refractivity contribution in [3.63, 3.8) is 0 Å². The second-order valence-electron chi connectivity index (χ2n) is 12.4. The molecule has 2 atom stereocenters. The molecule has 0 aliphatic heterocycles. The zero-order valence-corrected chi connectivity index (χ0v) is 21.4. The lowest BCUT2D eigenvalue weighted by Crippen LogP contribution is -2.32. The Hall–Kier alpha value is 0.860. The maximum Gasteiger partial charge on any atom is -0.0175 e. The van der Waals surface area contributed by atoms with Crippen LogP contribution in [0, 0.1) is 11.8 Å². The number of rotatable bonds is 4. The Morgan fingerprint density at radius 1 is 0.520 bits per heavy atom. The first-order valence-electron chi connectivity index (χ1n) is 10.5. The highest BCUT2D eigenvalue weighted by atomic mass is 31.1. The van der Waals surface area contributed by atoms with Gasteiger partial charge < -0.3 is 0 Å². The lowest BCUT2D eigenvalue weighted by molar-refractivity contribution is 0.457. The van der Waals surface area contributed by atoms with Crippen molar-refractivity contribution in [1.82, 2.24) is 0 Å². The van der Waals surface area contributed by atoms with Gasteiger partial charge in [-0.1, -0.05) is 105 Å². The van der Waals surface area contributed by atoms with E-state index in [2.05, 4.69) is 83.1 Å². The van der Waals surface area contributed by atoms with E-state index >= 15 is 0 Å². The van der Waals surface area contributed by atoms with Crippen LogP contribution in [0.5, 0.6) is 0 Å². The Labute approximate surface area is 163 Å². The van der Waals surface area contributed by atoms with E-state index in [-0.39, 0.29) is 15.8 Å². The molecular weight excluding hydrogens is 338 g/mol. The zero-order chi connectivity index (χ0) is 19.8. The molecule has 1 aliphatic rings. The maximum absolute atomic E-state index is 2.49. The predicted molar refractivity (Wildman–Crippen MR) is 123 cm³/mol. The van der Waals surface area contributed by atoms with E-state index in [4.69, 9.17) is 0 Å². The maximum atomic E-state index is 2.49. The summed E-state index contributed by atoms with van der Waals surface area (Å²) in [5.74, 6) is 1.97. The average Bonchev–Trinajstić information content (AvgIpc) is 2.74. The van der Waals surface area contributed by atoms with Crippen LogP contribution in [0.4, 0.5) is 0 Å². The van der Waals surface area contributed by atoms with Gasteiger partial charge in [0, 0.05) is 0 Å². The van der Waals surface area contributed by atoms with Crippen LogP contribution in [0.15, 0.2) is 0 Å². The molecule has 0 bridgehead atoms. The monoisotopic (exact) mass is 386 g/mol. The van der Waals surface area contributed by atoms with Crippen molar-refractivity contribution >= 4 is 15.8 Å². The molecule has 0 spiro atoms. The molecule has 150 valence electrons. The molecule has 25 heavy (non-hydrogen) atoms. The fourth-order valence-corrected chi connectivity index (χ4v) is 13.3. The number of hydrogen-bond acceptors (Lipinski definition) is 0. The lowest BCUT2D eigenvalue weighted by atomic mass is 10.0. The van der Waals surface area contributed by atoms with Crippen LogP contribution in [0.1, 0.15) is 102 Å². The van der Waals surface area contributed by atoms with Gasteiger partial charge in [-0.05, 0) is 57.6 Å². The Morgan fingerprint density at radius 2 is 0.760 bits per heavy atom. The third-order valence-electron chi connectivity index (χ3n) is 5.89. The van der Waals surface area contributed by atoms with Gasteiger partial charge in [0.15, 0.2) is 0 Å². The van der Waals surface area contributed by atoms with E-state index in [0.29, 0.717) is 20.6 Å². The van der Waals surface area contributed by atoms with Crippen LogP contribution in [0.2, 0.25) is 0 Å². The first-order valence-corrected chi connectivity index (χ1v) is 13.5. The van der Waals surface area contributed by atoms with Gasteiger partial charge in [-0.25, -0.2) is 0 Å². The van der Waals surface area contributed by atoms with E-state index in [1.165, 1.54) is 31.6 Å². The summed E-state index contributed by atoms with van der Waals surface area (Å²) >= 11 is 0. The van der Waals surface area contributed by atoms with Gasteiger partial charge in [0.1, 0.15) is 0 Å². The van der Waals surface area contributed by atoms with Crippen LogP contribution in [0.3, 0.4) is 0 Å². The largest absolute Gasteiger partial charge is 0.0954 e. The summed E-state index contributed by atoms with van der Waals surface area (Å²) in [4.78, 5) is 0. The molecule has 0 nitrogen and oxygen atoms in total. The molecule has 1 aliphatic carbocycles. The van der Waals surface area contributed by atoms with Crippen LogP contribution < -0.4 is 0 Å². The summed E-state index contributed by atoms with van der Waals surface area (Å²) < 4.78 is 0. The van der Waals surface area contributed by atoms with E-state index in [1.807, 2.05) is 0 Å². The molecule has 1 saturated carbocycles. The third kappa shape index (κ3) is 7.07. The minimum Gasteiger partial charge on any atom is -0.0954 e. The average molecular weight is 387 g/mol. The molecule has 1 fully saturated rings. The van der Waals surface area contributed by atoms with Gasteiger partial charge in [0.25, 0.3) is 0 Å². The highest BCUT2D eigenvalue weighted by Gasteiger charge is 2.42. The fourth-order valence-electron chi connectivity index (χ4n) is 5.17. The van der Waals surface area contributed by atoms with Gasteiger partial charge in [-0.2, -0.15) is 0 Å². The van der Waals surface area contributed by atoms with Crippen molar-refractivity contribution in [1.29, 1.82) is 0 Å². The summed E-state index contributed by atoms with van der Waals surface area (Å²) in [5.41, 5.74) is 0. The highest BCUT2D eigenvalue weighted by molar-refractivity contribution is 7.61. The predicted octanol–water partition coefficient (Wildman–Crippen LogP) is 8.56. The third-order valence-corrected chi connectivity index (χ3v) is 14.0. The molecule has 1 rings (SSSR count). The van der Waals surface area contributed by atoms with Crippen molar-refractivity contribution < 1.29 is 0 Å². The fraction of sp³-hybridized carbons (Fsp3) is 1.00. The van der Waals surface area contributed by atoms with Gasteiger partial charge in [0.2, 0.25) is 0 Å². The molecule has 0 N–H and O–H groups in total. The minimum absolute atomic E-state index is 0.0456. The van der Waals surface area contributed by atoms with E-state index in [9.17, 15) is 0 Å². The summed E-state index contributed by atoms with van der Waals surface area (Å²) in [7, 11) is 0.0912. The molecule has 2 heteroatoms. The van der Waals surface area contributed by atoms with Crippen molar-refractivity contribution in [2.24, 2.45) is 11.8 Å². The molecule has 0 saturated heterocycles. The first kappa shape index (κ1) is 23.9. The Bertz CT molecular complexity index is 343. The Balaban J connectivity index is 2.95. The Kier molecular flexibility index (Phi) is 7.72.